The van der Waals surface area contributed by atoms with Crippen LogP contribution in [0.5, 0.6) is 5.75 Å². The van der Waals surface area contributed by atoms with E-state index in [2.05, 4.69) is 9.97 Å². The minimum Gasteiger partial charge on any atom is -0.496 e. The Bertz CT molecular complexity index is 1420. The smallest absolute Gasteiger partial charge is 0.337 e. The predicted octanol–water partition coefficient (Wildman–Crippen LogP) is 3.23. The summed E-state index contributed by atoms with van der Waals surface area (Å²) < 4.78 is 8.21. The van der Waals surface area contributed by atoms with E-state index in [1.54, 1.807) is 13.3 Å². The second-order valence-electron chi connectivity index (χ2n) is 7.67. The van der Waals surface area contributed by atoms with Gasteiger partial charge in [-0.05, 0) is 51.5 Å². The van der Waals surface area contributed by atoms with Gasteiger partial charge < -0.3 is 4.74 Å². The number of para-hydroxylation sites is 1. The third-order valence-electron chi connectivity index (χ3n) is 5.49. The highest BCUT2D eigenvalue weighted by molar-refractivity contribution is 5.79. The number of hydrogen-bond donors (Lipinski definition) is 0. The van der Waals surface area contributed by atoms with Gasteiger partial charge in [0.1, 0.15) is 5.75 Å². The minimum absolute atomic E-state index is 0.0379. The van der Waals surface area contributed by atoms with Gasteiger partial charge in [0.2, 0.25) is 0 Å². The van der Waals surface area contributed by atoms with Gasteiger partial charge in [-0.15, -0.1) is 0 Å². The fourth-order valence-electron chi connectivity index (χ4n) is 4.01. The lowest BCUT2D eigenvalue weighted by atomic mass is 10.1. The minimum atomic E-state index is -0.457. The van der Waals surface area contributed by atoms with Gasteiger partial charge in [-0.1, -0.05) is 18.2 Å². The number of nitrogens with zero attached hydrogens (tertiary/aromatic N) is 4. The van der Waals surface area contributed by atoms with Gasteiger partial charge in [0.05, 0.1) is 30.4 Å². The van der Waals surface area contributed by atoms with Crippen LogP contribution in [-0.2, 0) is 6.54 Å². The standard InChI is InChI=1S/C24H24N4O3/c1-14-11-16(3)26-22-20(14)23(29)27(24(30)28(22)18-9-7-6-8-10-18)13-19-17(4)21(31-5)15(2)12-25-19/h6-12H,13H2,1-5H3. The Hall–Kier alpha value is -3.74. The number of fused-ring (bicyclic) bond motifs is 1. The van der Waals surface area contributed by atoms with Gasteiger partial charge in [0, 0.05) is 23.0 Å². The number of aryl methyl sites for hydroxylation is 3. The Labute approximate surface area is 179 Å². The summed E-state index contributed by atoms with van der Waals surface area (Å²) in [4.78, 5) is 36.1. The molecule has 0 saturated carbocycles. The van der Waals surface area contributed by atoms with E-state index in [4.69, 9.17) is 4.74 Å². The van der Waals surface area contributed by atoms with E-state index < -0.39 is 5.69 Å². The number of ether oxygens (including phenoxy) is 1. The molecule has 0 spiro atoms. The van der Waals surface area contributed by atoms with E-state index in [-0.39, 0.29) is 12.1 Å². The van der Waals surface area contributed by atoms with Crippen molar-refractivity contribution in [1.82, 2.24) is 19.1 Å². The molecule has 0 aliphatic carbocycles. The first-order valence-corrected chi connectivity index (χ1v) is 10.0. The molecule has 0 aliphatic heterocycles. The van der Waals surface area contributed by atoms with E-state index in [0.29, 0.717) is 28.2 Å². The van der Waals surface area contributed by atoms with Crippen molar-refractivity contribution < 1.29 is 4.74 Å². The van der Waals surface area contributed by atoms with Crippen molar-refractivity contribution in [1.29, 1.82) is 0 Å². The topological polar surface area (TPSA) is 79.0 Å². The van der Waals surface area contributed by atoms with Crippen LogP contribution < -0.4 is 16.0 Å². The quantitative estimate of drug-likeness (QED) is 0.510. The number of rotatable bonds is 4. The number of hydrogen-bond acceptors (Lipinski definition) is 5. The normalized spacial score (nSPS) is 11.1. The lowest BCUT2D eigenvalue weighted by Crippen LogP contribution is -2.40. The second kappa shape index (κ2) is 7.83. The SMILES string of the molecule is COc1c(C)cnc(Cn2c(=O)c3c(C)cc(C)nc3n(-c3ccccc3)c2=O)c1C. The molecule has 31 heavy (non-hydrogen) atoms. The van der Waals surface area contributed by atoms with Crippen LogP contribution in [-0.4, -0.2) is 26.2 Å². The monoisotopic (exact) mass is 416 g/mol. The van der Waals surface area contributed by atoms with Gasteiger partial charge in [0.15, 0.2) is 5.65 Å². The maximum Gasteiger partial charge on any atom is 0.337 e. The van der Waals surface area contributed by atoms with Crippen LogP contribution in [0.25, 0.3) is 16.7 Å². The highest BCUT2D eigenvalue weighted by Gasteiger charge is 2.19. The Morgan fingerprint density at radius 3 is 2.39 bits per heavy atom. The Balaban J connectivity index is 2.06. The third kappa shape index (κ3) is 3.42. The number of benzene rings is 1. The summed E-state index contributed by atoms with van der Waals surface area (Å²) >= 11 is 0. The van der Waals surface area contributed by atoms with E-state index in [0.717, 1.165) is 22.4 Å². The van der Waals surface area contributed by atoms with Crippen LogP contribution in [0.1, 0.15) is 28.1 Å². The zero-order valence-electron chi connectivity index (χ0n) is 18.3. The highest BCUT2D eigenvalue weighted by Crippen LogP contribution is 2.24. The summed E-state index contributed by atoms with van der Waals surface area (Å²) in [5.74, 6) is 0.704. The summed E-state index contributed by atoms with van der Waals surface area (Å²) in [6.07, 6.45) is 1.69. The zero-order valence-corrected chi connectivity index (χ0v) is 18.3. The van der Waals surface area contributed by atoms with Crippen LogP contribution in [0.3, 0.4) is 0 Å². The van der Waals surface area contributed by atoms with Gasteiger partial charge in [-0.2, -0.15) is 0 Å². The van der Waals surface area contributed by atoms with Crippen molar-refractivity contribution in [3.05, 3.63) is 91.5 Å². The highest BCUT2D eigenvalue weighted by atomic mass is 16.5. The van der Waals surface area contributed by atoms with Crippen LogP contribution >= 0.6 is 0 Å². The predicted molar refractivity (Wildman–Crippen MR) is 120 cm³/mol. The van der Waals surface area contributed by atoms with Crippen molar-refractivity contribution >= 4 is 11.0 Å². The van der Waals surface area contributed by atoms with Crippen LogP contribution in [0, 0.1) is 27.7 Å². The lowest BCUT2D eigenvalue weighted by Gasteiger charge is -2.17. The number of methoxy groups -OCH3 is 1. The molecule has 4 aromatic rings. The molecule has 0 aliphatic rings. The van der Waals surface area contributed by atoms with Gasteiger partial charge >= 0.3 is 5.69 Å². The molecule has 1 aromatic carbocycles. The molecule has 0 atom stereocenters. The van der Waals surface area contributed by atoms with E-state index in [1.807, 2.05) is 64.1 Å². The molecule has 0 radical (unpaired) electrons. The average Bonchev–Trinajstić information content (AvgIpc) is 2.73. The van der Waals surface area contributed by atoms with Crippen molar-refractivity contribution in [3.63, 3.8) is 0 Å². The van der Waals surface area contributed by atoms with Crippen molar-refractivity contribution in [2.24, 2.45) is 0 Å². The Kier molecular flexibility index (Phi) is 5.19. The maximum absolute atomic E-state index is 13.6. The summed E-state index contributed by atoms with van der Waals surface area (Å²) in [5, 5.41) is 0.422. The molecule has 4 rings (SSSR count). The van der Waals surface area contributed by atoms with Crippen molar-refractivity contribution in [2.45, 2.75) is 34.2 Å². The fraction of sp³-hybridized carbons (Fsp3) is 0.250. The van der Waals surface area contributed by atoms with E-state index in [9.17, 15) is 9.59 Å². The molecular weight excluding hydrogens is 392 g/mol. The molecule has 158 valence electrons. The number of aromatic nitrogens is 4. The molecule has 7 nitrogen and oxygen atoms in total. The van der Waals surface area contributed by atoms with Crippen LogP contribution in [0.4, 0.5) is 0 Å². The Morgan fingerprint density at radius 1 is 1.00 bits per heavy atom. The molecule has 7 heteroatoms. The first-order valence-electron chi connectivity index (χ1n) is 10.0. The summed E-state index contributed by atoms with van der Waals surface area (Å²) in [6, 6.07) is 11.1. The zero-order chi connectivity index (χ0) is 22.3. The van der Waals surface area contributed by atoms with Crippen LogP contribution in [0.15, 0.2) is 52.2 Å². The molecule has 0 N–H and O–H groups in total. The Morgan fingerprint density at radius 2 is 1.71 bits per heavy atom. The second-order valence-corrected chi connectivity index (χ2v) is 7.67. The molecular formula is C24H24N4O3. The van der Waals surface area contributed by atoms with Gasteiger partial charge in [-0.3, -0.25) is 14.3 Å². The first kappa shape index (κ1) is 20.5. The average molecular weight is 416 g/mol. The fourth-order valence-corrected chi connectivity index (χ4v) is 4.01. The van der Waals surface area contributed by atoms with Gasteiger partial charge in [-0.25, -0.2) is 14.3 Å². The molecule has 3 aromatic heterocycles. The third-order valence-corrected chi connectivity index (χ3v) is 5.49. The molecule has 0 saturated heterocycles. The number of pyridine rings is 2. The summed E-state index contributed by atoms with van der Waals surface area (Å²) in [7, 11) is 1.60. The van der Waals surface area contributed by atoms with E-state index >= 15 is 0 Å². The lowest BCUT2D eigenvalue weighted by molar-refractivity contribution is 0.406. The molecule has 0 fully saturated rings. The van der Waals surface area contributed by atoms with Crippen molar-refractivity contribution in [3.8, 4) is 11.4 Å². The summed E-state index contributed by atoms with van der Waals surface area (Å²) in [6.45, 7) is 7.54. The molecule has 0 unspecified atom stereocenters. The van der Waals surface area contributed by atoms with Crippen molar-refractivity contribution in [2.75, 3.05) is 7.11 Å². The maximum atomic E-state index is 13.6. The van der Waals surface area contributed by atoms with Crippen LogP contribution in [0.2, 0.25) is 0 Å². The molecule has 0 bridgehead atoms. The molecule has 0 amide bonds. The first-order chi connectivity index (χ1) is 14.8. The van der Waals surface area contributed by atoms with Gasteiger partial charge in [0.25, 0.3) is 5.56 Å². The largest absolute Gasteiger partial charge is 0.496 e. The molecule has 3 heterocycles. The van der Waals surface area contributed by atoms with E-state index in [1.165, 1.54) is 9.13 Å². The summed E-state index contributed by atoms with van der Waals surface area (Å²) in [5.41, 5.74) is 4.00.